The number of aryl methyl sites for hydroxylation is 4. The fourth-order valence-electron chi connectivity index (χ4n) is 2.87. The van der Waals surface area contributed by atoms with E-state index in [2.05, 4.69) is 10.2 Å². The zero-order valence-corrected chi connectivity index (χ0v) is 13.1. The molecule has 0 aromatic carbocycles. The van der Waals surface area contributed by atoms with Gasteiger partial charge < -0.3 is 10.2 Å². The average Bonchev–Trinajstić information content (AvgIpc) is 2.96. The molecule has 6 nitrogen and oxygen atoms in total. The lowest BCUT2D eigenvalue weighted by Gasteiger charge is -2.32. The number of nitrogens with zero attached hydrogens (tertiary/aromatic N) is 4. The third-order valence-electron chi connectivity index (χ3n) is 3.85. The molecule has 0 saturated heterocycles. The van der Waals surface area contributed by atoms with Crippen molar-refractivity contribution in [3.8, 4) is 0 Å². The van der Waals surface area contributed by atoms with Crippen LogP contribution < -0.4 is 0 Å². The largest absolute Gasteiger partial charge is 0.363 e. The monoisotopic (exact) mass is 300 g/mol. The molecule has 0 bridgehead atoms. The minimum Gasteiger partial charge on any atom is -0.363 e. The van der Waals surface area contributed by atoms with Crippen molar-refractivity contribution < 1.29 is 10.2 Å². The van der Waals surface area contributed by atoms with Crippen molar-refractivity contribution in [3.05, 3.63) is 59.2 Å². The van der Waals surface area contributed by atoms with Crippen molar-refractivity contribution in [2.75, 3.05) is 0 Å². The lowest BCUT2D eigenvalue weighted by atomic mass is 10.0. The van der Waals surface area contributed by atoms with Crippen LogP contribution in [0.2, 0.25) is 0 Å². The van der Waals surface area contributed by atoms with Gasteiger partial charge in [0.1, 0.15) is 0 Å². The van der Waals surface area contributed by atoms with E-state index in [1.165, 1.54) is 33.7 Å². The van der Waals surface area contributed by atoms with Gasteiger partial charge in [0, 0.05) is 11.4 Å². The standard InChI is InChI=1S/C16H20N4O2/c1-11-9-13(3)19(17-11)15(21)5-7-16(22,8-6-15)20-14(4)10-12(2)18-20/h5-10,21-22H,1-4H3. The van der Waals surface area contributed by atoms with Crippen molar-refractivity contribution in [1.29, 1.82) is 0 Å². The van der Waals surface area contributed by atoms with Gasteiger partial charge in [-0.15, -0.1) is 0 Å². The van der Waals surface area contributed by atoms with Crippen molar-refractivity contribution >= 4 is 0 Å². The first-order valence-corrected chi connectivity index (χ1v) is 7.16. The van der Waals surface area contributed by atoms with Crippen LogP contribution in [-0.2, 0) is 11.4 Å². The molecule has 0 fully saturated rings. The normalized spacial score (nSPS) is 27.5. The summed E-state index contributed by atoms with van der Waals surface area (Å²) >= 11 is 0. The lowest BCUT2D eigenvalue weighted by Crippen LogP contribution is -2.39. The van der Waals surface area contributed by atoms with Crippen LogP contribution >= 0.6 is 0 Å². The van der Waals surface area contributed by atoms with Crippen LogP contribution in [0.4, 0.5) is 0 Å². The van der Waals surface area contributed by atoms with E-state index in [-0.39, 0.29) is 0 Å². The van der Waals surface area contributed by atoms with Crippen molar-refractivity contribution in [2.45, 2.75) is 39.1 Å². The molecule has 1 aliphatic carbocycles. The number of aliphatic hydroxyl groups is 2. The molecule has 2 heterocycles. The molecule has 0 spiro atoms. The summed E-state index contributed by atoms with van der Waals surface area (Å²) in [6.07, 6.45) is 6.12. The highest BCUT2D eigenvalue weighted by Crippen LogP contribution is 2.30. The van der Waals surface area contributed by atoms with Crippen molar-refractivity contribution in [3.63, 3.8) is 0 Å². The maximum atomic E-state index is 10.8. The Morgan fingerprint density at radius 2 is 1.05 bits per heavy atom. The van der Waals surface area contributed by atoms with E-state index >= 15 is 0 Å². The van der Waals surface area contributed by atoms with Crippen LogP contribution in [0.15, 0.2) is 36.4 Å². The molecule has 0 aliphatic heterocycles. The Bertz CT molecular complexity index is 704. The first-order valence-electron chi connectivity index (χ1n) is 7.16. The van der Waals surface area contributed by atoms with Crippen LogP contribution in [0.25, 0.3) is 0 Å². The van der Waals surface area contributed by atoms with Crippen LogP contribution in [0.5, 0.6) is 0 Å². The summed E-state index contributed by atoms with van der Waals surface area (Å²) in [5.74, 6) is 0. The van der Waals surface area contributed by atoms with E-state index in [4.69, 9.17) is 0 Å². The number of hydrogen-bond acceptors (Lipinski definition) is 4. The molecule has 0 saturated carbocycles. The van der Waals surface area contributed by atoms with Gasteiger partial charge in [-0.05, 0) is 64.1 Å². The van der Waals surface area contributed by atoms with Crippen LogP contribution in [0, 0.1) is 27.7 Å². The summed E-state index contributed by atoms with van der Waals surface area (Å²) in [5, 5.41) is 30.2. The molecule has 0 unspecified atom stereocenters. The Hall–Kier alpha value is -2.18. The highest BCUT2D eigenvalue weighted by atomic mass is 16.3. The summed E-state index contributed by atoms with van der Waals surface area (Å²) < 4.78 is 3.05. The number of aromatic nitrogens is 4. The molecule has 3 rings (SSSR count). The van der Waals surface area contributed by atoms with E-state index in [0.29, 0.717) is 0 Å². The zero-order valence-electron chi connectivity index (χ0n) is 13.1. The third-order valence-corrected chi connectivity index (χ3v) is 3.85. The van der Waals surface area contributed by atoms with Gasteiger partial charge in [-0.3, -0.25) is 0 Å². The summed E-state index contributed by atoms with van der Waals surface area (Å²) in [6, 6.07) is 3.78. The fourth-order valence-corrected chi connectivity index (χ4v) is 2.87. The molecular weight excluding hydrogens is 280 g/mol. The Kier molecular flexibility index (Phi) is 3.12. The molecular formula is C16H20N4O2. The summed E-state index contributed by atoms with van der Waals surface area (Å²) in [4.78, 5) is 0. The van der Waals surface area contributed by atoms with Gasteiger partial charge in [-0.2, -0.15) is 10.2 Å². The molecule has 2 N–H and O–H groups in total. The van der Waals surface area contributed by atoms with Crippen LogP contribution in [0.3, 0.4) is 0 Å². The molecule has 1 aliphatic rings. The SMILES string of the molecule is Cc1cc(C)n(C2(O)C=CC(O)(n3nc(C)cc3C)C=C2)n1. The molecule has 2 aromatic rings. The molecule has 6 heteroatoms. The number of rotatable bonds is 2. The summed E-state index contributed by atoms with van der Waals surface area (Å²) in [5.41, 5.74) is 0.553. The lowest BCUT2D eigenvalue weighted by molar-refractivity contribution is 0.0138. The Morgan fingerprint density at radius 3 is 1.27 bits per heavy atom. The second kappa shape index (κ2) is 4.66. The van der Waals surface area contributed by atoms with E-state index in [1.807, 2.05) is 39.8 Å². The topological polar surface area (TPSA) is 76.1 Å². The van der Waals surface area contributed by atoms with Crippen molar-refractivity contribution in [1.82, 2.24) is 19.6 Å². The molecule has 22 heavy (non-hydrogen) atoms. The second-order valence-corrected chi connectivity index (χ2v) is 5.91. The number of hydrogen-bond donors (Lipinski definition) is 2. The first kappa shape index (κ1) is 14.7. The van der Waals surface area contributed by atoms with Crippen molar-refractivity contribution in [2.24, 2.45) is 0 Å². The predicted octanol–water partition coefficient (Wildman–Crippen LogP) is 1.43. The molecule has 116 valence electrons. The van der Waals surface area contributed by atoms with Crippen LogP contribution in [0.1, 0.15) is 22.8 Å². The second-order valence-electron chi connectivity index (χ2n) is 5.91. The summed E-state index contributed by atoms with van der Waals surface area (Å²) in [7, 11) is 0. The average molecular weight is 300 g/mol. The zero-order chi connectivity index (χ0) is 16.1. The first-order chi connectivity index (χ1) is 10.2. The van der Waals surface area contributed by atoms with Gasteiger partial charge in [0.15, 0.2) is 11.4 Å². The van der Waals surface area contributed by atoms with Gasteiger partial charge in [-0.1, -0.05) is 0 Å². The molecule has 2 aromatic heterocycles. The van der Waals surface area contributed by atoms with E-state index in [0.717, 1.165) is 22.8 Å². The van der Waals surface area contributed by atoms with Gasteiger partial charge in [0.2, 0.25) is 0 Å². The highest BCUT2D eigenvalue weighted by molar-refractivity contribution is 5.27. The Morgan fingerprint density at radius 1 is 0.727 bits per heavy atom. The Balaban J connectivity index is 2.00. The van der Waals surface area contributed by atoms with E-state index in [9.17, 15) is 10.2 Å². The molecule has 0 amide bonds. The maximum Gasteiger partial charge on any atom is 0.197 e. The minimum absolute atomic E-state index is 0.826. The van der Waals surface area contributed by atoms with Gasteiger partial charge >= 0.3 is 0 Å². The van der Waals surface area contributed by atoms with Crippen LogP contribution in [-0.4, -0.2) is 29.8 Å². The fraction of sp³-hybridized carbons (Fsp3) is 0.375. The van der Waals surface area contributed by atoms with Gasteiger partial charge in [0.25, 0.3) is 0 Å². The summed E-state index contributed by atoms with van der Waals surface area (Å²) in [6.45, 7) is 7.49. The molecule has 0 radical (unpaired) electrons. The van der Waals surface area contributed by atoms with Gasteiger partial charge in [-0.25, -0.2) is 9.36 Å². The highest BCUT2D eigenvalue weighted by Gasteiger charge is 2.35. The predicted molar refractivity (Wildman–Crippen MR) is 82.1 cm³/mol. The Labute approximate surface area is 129 Å². The third kappa shape index (κ3) is 2.20. The quantitative estimate of drug-likeness (QED) is 0.823. The minimum atomic E-state index is -1.39. The maximum absolute atomic E-state index is 10.8. The molecule has 0 atom stereocenters. The van der Waals surface area contributed by atoms with E-state index in [1.54, 1.807) is 0 Å². The van der Waals surface area contributed by atoms with E-state index < -0.39 is 11.4 Å². The van der Waals surface area contributed by atoms with Gasteiger partial charge in [0.05, 0.1) is 11.4 Å². The smallest absolute Gasteiger partial charge is 0.197 e.